The zero-order chi connectivity index (χ0) is 15.4. The molecule has 0 saturated carbocycles. The van der Waals surface area contributed by atoms with Gasteiger partial charge in [0.1, 0.15) is 5.75 Å². The molecule has 2 aromatic rings. The van der Waals surface area contributed by atoms with Gasteiger partial charge in [0, 0.05) is 10.0 Å². The fourth-order valence-corrected chi connectivity index (χ4v) is 2.71. The fourth-order valence-electron chi connectivity index (χ4n) is 1.69. The summed E-state index contributed by atoms with van der Waals surface area (Å²) in [6.07, 6.45) is 0. The molecule has 21 heavy (non-hydrogen) atoms. The van der Waals surface area contributed by atoms with Gasteiger partial charge in [0.2, 0.25) is 0 Å². The van der Waals surface area contributed by atoms with E-state index in [0.717, 1.165) is 0 Å². The van der Waals surface area contributed by atoms with E-state index in [1.807, 2.05) is 6.07 Å². The van der Waals surface area contributed by atoms with Crippen LogP contribution in [-0.2, 0) is 0 Å². The monoisotopic (exact) mass is 408 g/mol. The lowest BCUT2D eigenvalue weighted by Crippen LogP contribution is -2.12. The summed E-state index contributed by atoms with van der Waals surface area (Å²) in [6, 6.07) is 12.1. The number of anilines is 1. The molecule has 0 radical (unpaired) electrons. The molecule has 0 aromatic heterocycles. The second kappa shape index (κ2) is 6.74. The summed E-state index contributed by atoms with van der Waals surface area (Å²) in [7, 11) is 1.56. The van der Waals surface area contributed by atoms with Crippen molar-refractivity contribution in [2.45, 2.75) is 0 Å². The molecule has 6 heteroatoms. The topological polar surface area (TPSA) is 62.1 Å². The van der Waals surface area contributed by atoms with Crippen molar-refractivity contribution >= 4 is 43.5 Å². The summed E-state index contributed by atoms with van der Waals surface area (Å²) >= 11 is 6.68. The highest BCUT2D eigenvalue weighted by atomic mass is 79.9. The average Bonchev–Trinajstić information content (AvgIpc) is 2.49. The van der Waals surface area contributed by atoms with Gasteiger partial charge in [-0.1, -0.05) is 0 Å². The summed E-state index contributed by atoms with van der Waals surface area (Å²) in [5.74, 6) is 0.412. The Labute approximate surface area is 139 Å². The van der Waals surface area contributed by atoms with Gasteiger partial charge in [-0.3, -0.25) is 4.79 Å². The zero-order valence-electron chi connectivity index (χ0n) is 11.0. The van der Waals surface area contributed by atoms with Crippen LogP contribution in [0.4, 0.5) is 5.69 Å². The maximum absolute atomic E-state index is 12.2. The standard InChI is InChI=1S/C15H10Br2N2O2/c1-21-14-5-3-10(7-12(14)17)15(20)19-13-4-2-9(8-18)6-11(13)16/h2-7H,1H3,(H,19,20). The quantitative estimate of drug-likeness (QED) is 0.819. The molecular weight excluding hydrogens is 400 g/mol. The smallest absolute Gasteiger partial charge is 0.255 e. The third kappa shape index (κ3) is 3.63. The number of halogens is 2. The molecular formula is C15H10Br2N2O2. The number of carbonyl (C=O) groups is 1. The van der Waals surface area contributed by atoms with Gasteiger partial charge in [-0.15, -0.1) is 0 Å². The Morgan fingerprint density at radius 2 is 1.95 bits per heavy atom. The number of methoxy groups -OCH3 is 1. The number of ether oxygens (including phenoxy) is 1. The van der Waals surface area contributed by atoms with Crippen molar-refractivity contribution in [1.29, 1.82) is 5.26 Å². The molecule has 0 fully saturated rings. The predicted octanol–water partition coefficient (Wildman–Crippen LogP) is 4.34. The van der Waals surface area contributed by atoms with Gasteiger partial charge in [-0.2, -0.15) is 5.26 Å². The van der Waals surface area contributed by atoms with Crippen molar-refractivity contribution < 1.29 is 9.53 Å². The number of carbonyl (C=O) groups excluding carboxylic acids is 1. The van der Waals surface area contributed by atoms with Crippen molar-refractivity contribution in [2.24, 2.45) is 0 Å². The minimum Gasteiger partial charge on any atom is -0.496 e. The third-order valence-electron chi connectivity index (χ3n) is 2.76. The Hall–Kier alpha value is -1.84. The van der Waals surface area contributed by atoms with Crippen molar-refractivity contribution in [3.05, 3.63) is 56.5 Å². The molecule has 1 N–H and O–H groups in total. The molecule has 0 saturated heterocycles. The molecule has 0 bridgehead atoms. The maximum Gasteiger partial charge on any atom is 0.255 e. The lowest BCUT2D eigenvalue weighted by atomic mass is 10.2. The largest absolute Gasteiger partial charge is 0.496 e. The molecule has 0 atom stereocenters. The van der Waals surface area contributed by atoms with Crippen LogP contribution < -0.4 is 10.1 Å². The first-order valence-corrected chi connectivity index (χ1v) is 7.48. The Balaban J connectivity index is 2.22. The van der Waals surface area contributed by atoms with E-state index in [2.05, 4.69) is 37.2 Å². The van der Waals surface area contributed by atoms with E-state index in [1.165, 1.54) is 0 Å². The summed E-state index contributed by atoms with van der Waals surface area (Å²) in [6.45, 7) is 0. The minimum atomic E-state index is -0.247. The van der Waals surface area contributed by atoms with E-state index in [-0.39, 0.29) is 5.91 Å². The highest BCUT2D eigenvalue weighted by molar-refractivity contribution is 9.11. The Morgan fingerprint density at radius 1 is 1.19 bits per heavy atom. The number of nitriles is 1. The molecule has 4 nitrogen and oxygen atoms in total. The van der Waals surface area contributed by atoms with Crippen molar-refractivity contribution in [3.8, 4) is 11.8 Å². The number of amides is 1. The van der Waals surface area contributed by atoms with Crippen LogP contribution in [0, 0.1) is 11.3 Å². The molecule has 106 valence electrons. The first kappa shape index (κ1) is 15.5. The van der Waals surface area contributed by atoms with Gasteiger partial charge in [0.05, 0.1) is 28.9 Å². The van der Waals surface area contributed by atoms with Crippen LogP contribution in [0.1, 0.15) is 15.9 Å². The van der Waals surface area contributed by atoms with E-state index in [1.54, 1.807) is 43.5 Å². The van der Waals surface area contributed by atoms with Crippen LogP contribution in [-0.4, -0.2) is 13.0 Å². The Morgan fingerprint density at radius 3 is 2.52 bits per heavy atom. The second-order valence-corrected chi connectivity index (χ2v) is 5.82. The number of hydrogen-bond acceptors (Lipinski definition) is 3. The van der Waals surface area contributed by atoms with Gasteiger partial charge in [0.25, 0.3) is 5.91 Å². The first-order valence-electron chi connectivity index (χ1n) is 5.89. The normalized spacial score (nSPS) is 9.81. The maximum atomic E-state index is 12.2. The molecule has 0 aliphatic rings. The Kier molecular flexibility index (Phi) is 4.99. The zero-order valence-corrected chi connectivity index (χ0v) is 14.2. The lowest BCUT2D eigenvalue weighted by Gasteiger charge is -2.09. The molecule has 2 rings (SSSR count). The SMILES string of the molecule is COc1ccc(C(=O)Nc2ccc(C#N)cc2Br)cc1Br. The van der Waals surface area contributed by atoms with Crippen molar-refractivity contribution in [1.82, 2.24) is 0 Å². The number of nitrogens with zero attached hydrogens (tertiary/aromatic N) is 1. The van der Waals surface area contributed by atoms with Gasteiger partial charge >= 0.3 is 0 Å². The number of benzene rings is 2. The van der Waals surface area contributed by atoms with Crippen molar-refractivity contribution in [2.75, 3.05) is 12.4 Å². The summed E-state index contributed by atoms with van der Waals surface area (Å²) in [5, 5.41) is 11.6. The van der Waals surface area contributed by atoms with Crippen molar-refractivity contribution in [3.63, 3.8) is 0 Å². The molecule has 1 amide bonds. The minimum absolute atomic E-state index is 0.247. The van der Waals surface area contributed by atoms with Crippen LogP contribution in [0.5, 0.6) is 5.75 Å². The van der Waals surface area contributed by atoms with Gasteiger partial charge in [-0.25, -0.2) is 0 Å². The van der Waals surface area contributed by atoms with E-state index >= 15 is 0 Å². The molecule has 0 heterocycles. The summed E-state index contributed by atoms with van der Waals surface area (Å²) in [5.41, 5.74) is 1.62. The second-order valence-electron chi connectivity index (χ2n) is 4.11. The number of hydrogen-bond donors (Lipinski definition) is 1. The first-order chi connectivity index (χ1) is 10.0. The summed E-state index contributed by atoms with van der Waals surface area (Å²) in [4.78, 5) is 12.2. The van der Waals surface area contributed by atoms with E-state index in [9.17, 15) is 4.79 Å². The van der Waals surface area contributed by atoms with Crippen LogP contribution in [0.3, 0.4) is 0 Å². The Bertz CT molecular complexity index is 739. The number of rotatable bonds is 3. The van der Waals surface area contributed by atoms with E-state index < -0.39 is 0 Å². The number of nitrogens with one attached hydrogen (secondary N) is 1. The molecule has 0 spiro atoms. The lowest BCUT2D eigenvalue weighted by molar-refractivity contribution is 0.102. The van der Waals surface area contributed by atoms with Gasteiger partial charge in [-0.05, 0) is 68.3 Å². The van der Waals surface area contributed by atoms with E-state index in [4.69, 9.17) is 10.00 Å². The highest BCUT2D eigenvalue weighted by Gasteiger charge is 2.11. The molecule has 2 aromatic carbocycles. The van der Waals surface area contributed by atoms with Crippen LogP contribution in [0.25, 0.3) is 0 Å². The fraction of sp³-hybridized carbons (Fsp3) is 0.0667. The van der Waals surface area contributed by atoms with Gasteiger partial charge in [0.15, 0.2) is 0 Å². The average molecular weight is 410 g/mol. The third-order valence-corrected chi connectivity index (χ3v) is 4.04. The van der Waals surface area contributed by atoms with Gasteiger partial charge < -0.3 is 10.1 Å². The summed E-state index contributed by atoms with van der Waals surface area (Å²) < 4.78 is 6.49. The highest BCUT2D eigenvalue weighted by Crippen LogP contribution is 2.27. The van der Waals surface area contributed by atoms with Crippen LogP contribution in [0.2, 0.25) is 0 Å². The van der Waals surface area contributed by atoms with Crippen LogP contribution >= 0.6 is 31.9 Å². The molecule has 0 aliphatic heterocycles. The van der Waals surface area contributed by atoms with Crippen LogP contribution in [0.15, 0.2) is 45.3 Å². The molecule has 0 unspecified atom stereocenters. The predicted molar refractivity (Wildman–Crippen MR) is 87.5 cm³/mol. The molecule has 0 aliphatic carbocycles. The van der Waals surface area contributed by atoms with E-state index in [0.29, 0.717) is 31.5 Å².